The summed E-state index contributed by atoms with van der Waals surface area (Å²) in [6.07, 6.45) is 0. The summed E-state index contributed by atoms with van der Waals surface area (Å²) < 4.78 is 39.1. The molecule has 0 aliphatic heterocycles. The fourth-order valence-electron chi connectivity index (χ4n) is 2.91. The van der Waals surface area contributed by atoms with Crippen LogP contribution in [0, 0.1) is 6.92 Å². The van der Waals surface area contributed by atoms with Crippen molar-refractivity contribution in [2.24, 2.45) is 0 Å². The van der Waals surface area contributed by atoms with Crippen molar-refractivity contribution in [1.82, 2.24) is 0 Å². The average Bonchev–Trinajstić information content (AvgIpc) is 2.76. The molecule has 162 valence electrons. The summed E-state index contributed by atoms with van der Waals surface area (Å²) >= 11 is -2.44. The highest BCUT2D eigenvalue weighted by Gasteiger charge is 2.23. The minimum atomic E-state index is -2.44. The quantitative estimate of drug-likeness (QED) is 0.316. The van der Waals surface area contributed by atoms with Gasteiger partial charge in [0, 0.05) is 6.07 Å². The minimum absolute atomic E-state index is 0.0605. The number of hydrogen-bond acceptors (Lipinski definition) is 6. The third-order valence-electron chi connectivity index (χ3n) is 4.46. The predicted molar refractivity (Wildman–Crippen MR) is 119 cm³/mol. The first-order valence-corrected chi connectivity index (χ1v) is 10.2. The van der Waals surface area contributed by atoms with Crippen LogP contribution in [0.4, 0.5) is 17.1 Å². The molecule has 0 radical (unpaired) electrons. The van der Waals surface area contributed by atoms with Crippen LogP contribution in [0.25, 0.3) is 0 Å². The van der Waals surface area contributed by atoms with Gasteiger partial charge in [-0.1, -0.05) is 17.7 Å². The molecule has 0 amide bonds. The van der Waals surface area contributed by atoms with E-state index in [0.717, 1.165) is 9.87 Å². The van der Waals surface area contributed by atoms with Crippen LogP contribution >= 0.6 is 0 Å². The van der Waals surface area contributed by atoms with Gasteiger partial charge in [-0.25, -0.2) is 13.3 Å². The van der Waals surface area contributed by atoms with Crippen molar-refractivity contribution in [3.63, 3.8) is 0 Å². The van der Waals surface area contributed by atoms with Crippen LogP contribution in [-0.2, 0) is 16.0 Å². The van der Waals surface area contributed by atoms with Crippen LogP contribution in [0.2, 0.25) is 0 Å². The third kappa shape index (κ3) is 4.96. The Kier molecular flexibility index (Phi) is 6.78. The van der Waals surface area contributed by atoms with Gasteiger partial charge in [0.25, 0.3) is 11.3 Å². The number of methoxy groups -OCH3 is 2. The molecule has 8 nitrogen and oxygen atoms in total. The number of rotatable bonds is 7. The summed E-state index contributed by atoms with van der Waals surface area (Å²) in [5.41, 5.74) is 7.96. The number of benzene rings is 3. The summed E-state index contributed by atoms with van der Waals surface area (Å²) in [6.45, 7) is 1.90. The van der Waals surface area contributed by atoms with Gasteiger partial charge in [0.2, 0.25) is 0 Å². The zero-order valence-corrected chi connectivity index (χ0v) is 18.0. The molecule has 0 saturated carbocycles. The second kappa shape index (κ2) is 9.50. The lowest BCUT2D eigenvalue weighted by Gasteiger charge is -2.23. The van der Waals surface area contributed by atoms with Crippen LogP contribution in [-0.4, -0.2) is 29.0 Å². The molecule has 3 aromatic carbocycles. The molecule has 0 heterocycles. The van der Waals surface area contributed by atoms with Crippen LogP contribution < -0.4 is 19.5 Å². The Hall–Kier alpha value is -3.56. The molecule has 0 fully saturated rings. The minimum Gasteiger partial charge on any atom is -0.494 e. The van der Waals surface area contributed by atoms with E-state index in [-0.39, 0.29) is 11.3 Å². The van der Waals surface area contributed by atoms with Crippen LogP contribution in [0.1, 0.15) is 15.9 Å². The number of ether oxygens (including phenoxy) is 3. The average molecular weight is 442 g/mol. The van der Waals surface area contributed by atoms with Crippen molar-refractivity contribution >= 4 is 34.3 Å². The second-order valence-corrected chi connectivity index (χ2v) is 7.36. The van der Waals surface area contributed by atoms with E-state index in [1.165, 1.54) is 26.4 Å². The summed E-state index contributed by atoms with van der Waals surface area (Å²) in [6, 6.07) is 16.4. The van der Waals surface area contributed by atoms with Crippen LogP contribution in [0.15, 0.2) is 60.7 Å². The summed E-state index contributed by atoms with van der Waals surface area (Å²) in [5, 5.41) is 0. The Labute approximate surface area is 182 Å². The largest absolute Gasteiger partial charge is 0.494 e. The second-order valence-electron chi connectivity index (χ2n) is 6.54. The third-order valence-corrected chi connectivity index (χ3v) is 5.18. The molecule has 9 heteroatoms. The van der Waals surface area contributed by atoms with E-state index >= 15 is 0 Å². The van der Waals surface area contributed by atoms with Crippen molar-refractivity contribution in [3.05, 3.63) is 71.8 Å². The maximum atomic E-state index is 12.5. The Balaban J connectivity index is 2.04. The summed E-state index contributed by atoms with van der Waals surface area (Å²) in [7, 11) is 2.73. The van der Waals surface area contributed by atoms with Crippen molar-refractivity contribution < 1.29 is 27.8 Å². The first kappa shape index (κ1) is 22.1. The van der Waals surface area contributed by atoms with Crippen molar-refractivity contribution in [3.8, 4) is 17.2 Å². The number of carbonyl (C=O) groups is 1. The van der Waals surface area contributed by atoms with E-state index in [4.69, 9.17) is 19.9 Å². The highest BCUT2D eigenvalue weighted by atomic mass is 32.2. The predicted octanol–water partition coefficient (Wildman–Crippen LogP) is 4.44. The van der Waals surface area contributed by atoms with E-state index in [2.05, 4.69) is 0 Å². The molecule has 1 atom stereocenters. The van der Waals surface area contributed by atoms with Gasteiger partial charge in [-0.3, -0.25) is 4.55 Å². The monoisotopic (exact) mass is 442 g/mol. The molecule has 1 unspecified atom stereocenters. The van der Waals surface area contributed by atoms with Gasteiger partial charge >= 0.3 is 5.97 Å². The highest BCUT2D eigenvalue weighted by molar-refractivity contribution is 7.81. The van der Waals surface area contributed by atoms with Gasteiger partial charge in [-0.15, -0.1) is 0 Å². The number of anilines is 3. The van der Waals surface area contributed by atoms with Gasteiger partial charge in [0.05, 0.1) is 36.8 Å². The molecule has 3 N–H and O–H groups in total. The number of nitrogen functional groups attached to an aromatic ring is 1. The van der Waals surface area contributed by atoms with E-state index in [0.29, 0.717) is 28.6 Å². The number of esters is 1. The molecular formula is C22H22N2O6S. The topological polar surface area (TPSA) is 111 Å². The van der Waals surface area contributed by atoms with Gasteiger partial charge in [-0.05, 0) is 49.4 Å². The molecule has 3 aromatic rings. The zero-order chi connectivity index (χ0) is 22.5. The lowest BCUT2D eigenvalue weighted by atomic mass is 10.1. The SMILES string of the molecule is COC(=O)c1cc(Oc2ccc(N)c(OC)c2)ccc1N(c1ccc(C)cc1)S(=O)O. The summed E-state index contributed by atoms with van der Waals surface area (Å²) in [4.78, 5) is 12.5. The van der Waals surface area contributed by atoms with Crippen LogP contribution in [0.5, 0.6) is 17.2 Å². The Bertz CT molecular complexity index is 1120. The van der Waals surface area contributed by atoms with Gasteiger partial charge in [0.1, 0.15) is 17.2 Å². The van der Waals surface area contributed by atoms with Gasteiger partial charge in [0.15, 0.2) is 0 Å². The first-order chi connectivity index (χ1) is 14.8. The molecule has 0 spiro atoms. The van der Waals surface area contributed by atoms with Gasteiger partial charge < -0.3 is 19.9 Å². The Morgan fingerprint density at radius 1 is 1.00 bits per heavy atom. The zero-order valence-electron chi connectivity index (χ0n) is 17.2. The number of nitrogens with zero attached hydrogens (tertiary/aromatic N) is 1. The fourth-order valence-corrected chi connectivity index (χ4v) is 3.54. The maximum Gasteiger partial charge on any atom is 0.340 e. The Morgan fingerprint density at radius 2 is 1.65 bits per heavy atom. The molecule has 0 aliphatic rings. The molecule has 0 aromatic heterocycles. The van der Waals surface area contributed by atoms with E-state index in [1.807, 2.05) is 6.92 Å². The first-order valence-electron chi connectivity index (χ1n) is 9.15. The number of hydrogen-bond donors (Lipinski definition) is 2. The van der Waals surface area contributed by atoms with E-state index in [9.17, 15) is 13.6 Å². The lowest BCUT2D eigenvalue weighted by Crippen LogP contribution is -2.22. The lowest BCUT2D eigenvalue weighted by molar-refractivity contribution is 0.0601. The molecule has 0 aliphatic carbocycles. The van der Waals surface area contributed by atoms with Crippen LogP contribution in [0.3, 0.4) is 0 Å². The number of aryl methyl sites for hydroxylation is 1. The van der Waals surface area contributed by atoms with Crippen molar-refractivity contribution in [1.29, 1.82) is 0 Å². The smallest absolute Gasteiger partial charge is 0.340 e. The molecule has 0 bridgehead atoms. The molecule has 31 heavy (non-hydrogen) atoms. The molecule has 0 saturated heterocycles. The fraction of sp³-hybridized carbons (Fsp3) is 0.136. The molecule has 3 rings (SSSR count). The van der Waals surface area contributed by atoms with E-state index in [1.54, 1.807) is 48.5 Å². The highest BCUT2D eigenvalue weighted by Crippen LogP contribution is 2.35. The number of nitrogens with two attached hydrogens (primary N) is 1. The molecular weight excluding hydrogens is 420 g/mol. The normalized spacial score (nSPS) is 11.5. The van der Waals surface area contributed by atoms with Gasteiger partial charge in [-0.2, -0.15) is 0 Å². The Morgan fingerprint density at radius 3 is 2.26 bits per heavy atom. The maximum absolute atomic E-state index is 12.5. The number of carbonyl (C=O) groups excluding carboxylic acids is 1. The standard InChI is InChI=1S/C22H22N2O6S/c1-14-4-6-15(7-5-14)24(31(26)27)20-11-9-16(12-18(20)22(25)29-3)30-17-8-10-19(23)21(13-17)28-2/h4-13H,23H2,1-3H3,(H,26,27). The van der Waals surface area contributed by atoms with Crippen molar-refractivity contribution in [2.45, 2.75) is 6.92 Å². The van der Waals surface area contributed by atoms with E-state index < -0.39 is 17.2 Å². The summed E-state index contributed by atoms with van der Waals surface area (Å²) in [5.74, 6) is 0.528. The van der Waals surface area contributed by atoms with Crippen molar-refractivity contribution in [2.75, 3.05) is 24.3 Å².